The number of amides is 1. The fourth-order valence-corrected chi connectivity index (χ4v) is 5.60. The largest absolute Gasteiger partial charge is 0.348 e. The fourth-order valence-electron chi connectivity index (χ4n) is 5.60. The molecule has 2 saturated heterocycles. The van der Waals surface area contributed by atoms with Crippen LogP contribution in [0.5, 0.6) is 0 Å². The quantitative estimate of drug-likeness (QED) is 0.495. The molecule has 4 heterocycles. The number of benzene rings is 1. The molecule has 0 bridgehead atoms. The number of likely N-dealkylation sites (tertiary alicyclic amines) is 2. The summed E-state index contributed by atoms with van der Waals surface area (Å²) in [6.07, 6.45) is 9.48. The number of hydrogen-bond acceptors (Lipinski definition) is 5. The molecule has 1 spiro atoms. The zero-order chi connectivity index (χ0) is 24.3. The zero-order valence-electron chi connectivity index (χ0n) is 20.9. The number of piperidine rings is 1. The molecule has 2 fully saturated rings. The molecular weight excluding hydrogens is 438 g/mol. The lowest BCUT2D eigenvalue weighted by atomic mass is 9.71. The third kappa shape index (κ3) is 5.82. The summed E-state index contributed by atoms with van der Waals surface area (Å²) in [7, 11) is 0. The number of nitrogens with one attached hydrogen (secondary N) is 2. The summed E-state index contributed by atoms with van der Waals surface area (Å²) in [5.41, 5.74) is 2.39. The third-order valence-electron chi connectivity index (χ3n) is 7.32. The summed E-state index contributed by atoms with van der Waals surface area (Å²) in [5.74, 6) is 2.72. The molecule has 1 aromatic carbocycles. The summed E-state index contributed by atoms with van der Waals surface area (Å²) in [6.45, 7) is 12.0. The Morgan fingerprint density at radius 3 is 2.09 bits per heavy atom. The molecule has 5 rings (SSSR count). The maximum atomic E-state index is 13.2. The van der Waals surface area contributed by atoms with Crippen molar-refractivity contribution < 1.29 is 4.79 Å². The van der Waals surface area contributed by atoms with Crippen LogP contribution in [0.4, 0.5) is 0 Å². The number of carbonyl (C=O) groups excluding carboxylic acids is 1. The van der Waals surface area contributed by atoms with Gasteiger partial charge in [-0.1, -0.05) is 26.0 Å². The van der Waals surface area contributed by atoms with Crippen molar-refractivity contribution in [2.24, 2.45) is 11.3 Å². The maximum absolute atomic E-state index is 13.2. The molecule has 2 N–H and O–H groups in total. The number of H-pyrrole nitrogens is 2. The molecule has 2 aliphatic rings. The van der Waals surface area contributed by atoms with Gasteiger partial charge < -0.3 is 19.8 Å². The molecule has 2 aromatic heterocycles. The van der Waals surface area contributed by atoms with Crippen LogP contribution >= 0.6 is 0 Å². The van der Waals surface area contributed by atoms with E-state index in [-0.39, 0.29) is 5.91 Å². The highest BCUT2D eigenvalue weighted by Crippen LogP contribution is 2.40. The van der Waals surface area contributed by atoms with Crippen LogP contribution in [-0.2, 0) is 19.6 Å². The molecule has 0 unspecified atom stereocenters. The molecule has 3 aromatic rings. The van der Waals surface area contributed by atoms with Crippen LogP contribution in [0.1, 0.15) is 54.3 Å². The van der Waals surface area contributed by atoms with Crippen LogP contribution in [0, 0.1) is 11.3 Å². The first-order valence-electron chi connectivity index (χ1n) is 12.8. The molecule has 1 amide bonds. The van der Waals surface area contributed by atoms with E-state index in [9.17, 15) is 4.79 Å². The van der Waals surface area contributed by atoms with E-state index in [0.29, 0.717) is 18.5 Å². The van der Waals surface area contributed by atoms with Crippen LogP contribution < -0.4 is 0 Å². The summed E-state index contributed by atoms with van der Waals surface area (Å²) < 4.78 is 0. The average Bonchev–Trinajstić information content (AvgIpc) is 3.53. The number of imidazole rings is 2. The van der Waals surface area contributed by atoms with E-state index < -0.39 is 0 Å². The predicted molar refractivity (Wildman–Crippen MR) is 135 cm³/mol. The Morgan fingerprint density at radius 1 is 0.971 bits per heavy atom. The van der Waals surface area contributed by atoms with Gasteiger partial charge in [-0.15, -0.1) is 0 Å². The minimum atomic E-state index is 0.160. The van der Waals surface area contributed by atoms with Gasteiger partial charge in [-0.05, 0) is 41.9 Å². The van der Waals surface area contributed by atoms with Gasteiger partial charge in [-0.25, -0.2) is 9.97 Å². The predicted octanol–water partition coefficient (Wildman–Crippen LogP) is 3.53. The van der Waals surface area contributed by atoms with Crippen molar-refractivity contribution in [1.82, 2.24) is 34.6 Å². The second-order valence-corrected chi connectivity index (χ2v) is 10.8. The maximum Gasteiger partial charge on any atom is 0.253 e. The monoisotopic (exact) mass is 475 g/mol. The molecule has 8 nitrogen and oxygen atoms in total. The summed E-state index contributed by atoms with van der Waals surface area (Å²) in [4.78, 5) is 35.2. The van der Waals surface area contributed by atoms with E-state index in [1.54, 1.807) is 12.4 Å². The third-order valence-corrected chi connectivity index (χ3v) is 7.32. The highest BCUT2D eigenvalue weighted by Gasteiger charge is 2.45. The Balaban J connectivity index is 1.16. The van der Waals surface area contributed by atoms with Crippen LogP contribution in [0.2, 0.25) is 0 Å². The highest BCUT2D eigenvalue weighted by atomic mass is 16.2. The van der Waals surface area contributed by atoms with Gasteiger partial charge in [0.05, 0.1) is 13.1 Å². The summed E-state index contributed by atoms with van der Waals surface area (Å²) >= 11 is 0. The highest BCUT2D eigenvalue weighted by molar-refractivity contribution is 5.94. The molecule has 35 heavy (non-hydrogen) atoms. The molecule has 8 heteroatoms. The van der Waals surface area contributed by atoms with Crippen molar-refractivity contribution in [2.45, 2.75) is 46.3 Å². The second kappa shape index (κ2) is 10.3. The van der Waals surface area contributed by atoms with Crippen molar-refractivity contribution in [3.8, 4) is 0 Å². The first-order valence-corrected chi connectivity index (χ1v) is 12.8. The van der Waals surface area contributed by atoms with Gasteiger partial charge in [0.2, 0.25) is 0 Å². The summed E-state index contributed by atoms with van der Waals surface area (Å²) in [6, 6.07) is 8.11. The van der Waals surface area contributed by atoms with Gasteiger partial charge >= 0.3 is 0 Å². The number of hydrogen-bond donors (Lipinski definition) is 2. The van der Waals surface area contributed by atoms with E-state index in [2.05, 4.69) is 55.7 Å². The number of nitrogens with zero attached hydrogens (tertiary/aromatic N) is 5. The van der Waals surface area contributed by atoms with Gasteiger partial charge in [0.25, 0.3) is 5.91 Å². The molecule has 0 radical (unpaired) electrons. The Morgan fingerprint density at radius 2 is 1.57 bits per heavy atom. The fraction of sp³-hybridized carbons (Fsp3) is 0.519. The van der Waals surface area contributed by atoms with Gasteiger partial charge in [0, 0.05) is 69.6 Å². The van der Waals surface area contributed by atoms with Crippen LogP contribution in [-0.4, -0.2) is 73.3 Å². The van der Waals surface area contributed by atoms with Crippen molar-refractivity contribution in [2.75, 3.05) is 32.7 Å². The number of aromatic amines is 2. The minimum Gasteiger partial charge on any atom is -0.348 e. The summed E-state index contributed by atoms with van der Waals surface area (Å²) in [5, 5.41) is 0. The van der Waals surface area contributed by atoms with Gasteiger partial charge in [0.15, 0.2) is 0 Å². The normalized spacial score (nSPS) is 17.9. The van der Waals surface area contributed by atoms with Crippen LogP contribution in [0.15, 0.2) is 49.1 Å². The number of rotatable bonds is 9. The molecule has 0 saturated carbocycles. The Kier molecular flexibility index (Phi) is 7.02. The van der Waals surface area contributed by atoms with Crippen molar-refractivity contribution in [3.63, 3.8) is 0 Å². The Labute approximate surface area is 207 Å². The minimum absolute atomic E-state index is 0.160. The van der Waals surface area contributed by atoms with E-state index >= 15 is 0 Å². The molecular formula is C27H37N7O. The number of aromatic nitrogens is 4. The van der Waals surface area contributed by atoms with E-state index in [1.807, 2.05) is 29.4 Å². The van der Waals surface area contributed by atoms with Crippen molar-refractivity contribution >= 4 is 5.91 Å². The van der Waals surface area contributed by atoms with E-state index in [4.69, 9.17) is 0 Å². The lowest BCUT2D eigenvalue weighted by Crippen LogP contribution is -2.61. The van der Waals surface area contributed by atoms with E-state index in [0.717, 1.165) is 61.2 Å². The lowest BCUT2D eigenvalue weighted by Gasteiger charge is -2.54. The molecule has 2 aliphatic heterocycles. The molecule has 0 aliphatic carbocycles. The van der Waals surface area contributed by atoms with Crippen molar-refractivity contribution in [3.05, 3.63) is 71.8 Å². The van der Waals surface area contributed by atoms with Gasteiger partial charge in [-0.2, -0.15) is 0 Å². The van der Waals surface area contributed by atoms with Crippen molar-refractivity contribution in [1.29, 1.82) is 0 Å². The lowest BCUT2D eigenvalue weighted by molar-refractivity contribution is -0.0467. The smallest absolute Gasteiger partial charge is 0.253 e. The average molecular weight is 476 g/mol. The SMILES string of the molecule is CC(C)CN1CC2(CCN(C(=O)c3ccc(CN(Cc4ncc[nH]4)Cc4ncc[nH]4)cc3)CC2)C1. The van der Waals surface area contributed by atoms with Crippen LogP contribution in [0.3, 0.4) is 0 Å². The first kappa shape index (κ1) is 23.8. The molecule has 0 atom stereocenters. The standard InChI is InChI=1S/C27H37N7O/c1-21(2)15-33-19-27(20-33)7-13-34(14-8-27)26(35)23-5-3-22(4-6-23)16-32(17-24-28-9-10-29-24)18-25-30-11-12-31-25/h3-6,9-12,21H,7-8,13-20H2,1-2H3,(H,28,29)(H,30,31). The Bertz CT molecular complexity index is 1020. The van der Waals surface area contributed by atoms with E-state index in [1.165, 1.54) is 19.6 Å². The van der Waals surface area contributed by atoms with Gasteiger partial charge in [-0.3, -0.25) is 9.69 Å². The second-order valence-electron chi connectivity index (χ2n) is 10.8. The Hall–Kier alpha value is -2.97. The van der Waals surface area contributed by atoms with Gasteiger partial charge in [0.1, 0.15) is 11.6 Å². The van der Waals surface area contributed by atoms with Crippen LogP contribution in [0.25, 0.3) is 0 Å². The first-order chi connectivity index (χ1) is 17.0. The topological polar surface area (TPSA) is 84.2 Å². The molecule has 186 valence electrons. The number of carbonyl (C=O) groups is 1. The zero-order valence-corrected chi connectivity index (χ0v) is 20.9.